The molecular formula is C54H85NS. The van der Waals surface area contributed by atoms with Gasteiger partial charge in [0.2, 0.25) is 0 Å². The molecule has 2 heterocycles. The van der Waals surface area contributed by atoms with Crippen LogP contribution in [0.15, 0.2) is 12.2 Å². The van der Waals surface area contributed by atoms with Gasteiger partial charge in [-0.05, 0) is 209 Å². The van der Waals surface area contributed by atoms with Gasteiger partial charge in [0.1, 0.15) is 0 Å². The van der Waals surface area contributed by atoms with Crippen molar-refractivity contribution in [2.75, 3.05) is 0 Å². The summed E-state index contributed by atoms with van der Waals surface area (Å²) in [4.78, 5) is 0. The van der Waals surface area contributed by atoms with Crippen LogP contribution < -0.4 is 5.32 Å². The van der Waals surface area contributed by atoms with E-state index >= 15 is 0 Å². The highest BCUT2D eigenvalue weighted by Gasteiger charge is 2.73. The van der Waals surface area contributed by atoms with Crippen molar-refractivity contribution in [3.8, 4) is 0 Å². The zero-order chi connectivity index (χ0) is 37.1. The summed E-state index contributed by atoms with van der Waals surface area (Å²) in [5.41, 5.74) is 2.53. The predicted octanol–water partition coefficient (Wildman–Crippen LogP) is 14.3. The van der Waals surface area contributed by atoms with Gasteiger partial charge in [-0.15, -0.1) is 0 Å². The molecule has 1 spiro atoms. The Bertz CT molecular complexity index is 1410. The number of piperidine rings is 1. The molecule has 0 amide bonds. The molecule has 0 aromatic rings. The van der Waals surface area contributed by atoms with E-state index < -0.39 is 0 Å². The molecule has 10 aliphatic carbocycles. The molecule has 12 aliphatic rings. The van der Waals surface area contributed by atoms with Crippen molar-refractivity contribution in [1.29, 1.82) is 0 Å². The SMILES string of the molecule is C=C1C(C2CCCCC2C)CCC2C1C1CCC(C3NC(C4CCCC5C6CCCCC6SC45)CC4CCCCC43)CC1C21C2CCCCC2C2CCCCC21. The van der Waals surface area contributed by atoms with Gasteiger partial charge in [0, 0.05) is 22.6 Å². The summed E-state index contributed by atoms with van der Waals surface area (Å²) in [5.74, 6) is 17.0. The maximum Gasteiger partial charge on any atom is 0.0129 e. The summed E-state index contributed by atoms with van der Waals surface area (Å²) in [6, 6.07) is 1.66. The van der Waals surface area contributed by atoms with Crippen LogP contribution >= 0.6 is 11.8 Å². The quantitative estimate of drug-likeness (QED) is 0.286. The molecular weight excluding hydrogens is 695 g/mol. The third-order valence-corrected chi connectivity index (χ3v) is 24.9. The Balaban J connectivity index is 0.884. The highest BCUT2D eigenvalue weighted by Crippen LogP contribution is 2.79. The number of hydrogen-bond donors (Lipinski definition) is 1. The average Bonchev–Trinajstić information content (AvgIpc) is 3.88. The summed E-state index contributed by atoms with van der Waals surface area (Å²) in [6.45, 7) is 8.02. The first kappa shape index (κ1) is 37.8. The van der Waals surface area contributed by atoms with Gasteiger partial charge in [0.25, 0.3) is 0 Å². The van der Waals surface area contributed by atoms with Crippen molar-refractivity contribution in [3.63, 3.8) is 0 Å². The van der Waals surface area contributed by atoms with Gasteiger partial charge >= 0.3 is 0 Å². The van der Waals surface area contributed by atoms with Crippen molar-refractivity contribution in [3.05, 3.63) is 12.2 Å². The van der Waals surface area contributed by atoms with E-state index in [9.17, 15) is 0 Å². The highest BCUT2D eigenvalue weighted by molar-refractivity contribution is 8.00. The maximum atomic E-state index is 5.36. The van der Waals surface area contributed by atoms with Gasteiger partial charge < -0.3 is 5.32 Å². The minimum absolute atomic E-state index is 0.670. The van der Waals surface area contributed by atoms with Crippen LogP contribution in [0.4, 0.5) is 0 Å². The van der Waals surface area contributed by atoms with E-state index in [2.05, 4.69) is 18.7 Å². The number of rotatable bonds is 3. The number of fused-ring (bicyclic) bond motifs is 14. The lowest BCUT2D eigenvalue weighted by Crippen LogP contribution is -2.60. The summed E-state index contributed by atoms with van der Waals surface area (Å²) >= 11 is 2.57. The lowest BCUT2D eigenvalue weighted by atomic mass is 9.51. The molecule has 2 aliphatic heterocycles. The second-order valence-corrected chi connectivity index (χ2v) is 25.8. The summed E-state index contributed by atoms with van der Waals surface area (Å²) < 4.78 is 0. The van der Waals surface area contributed by atoms with E-state index in [-0.39, 0.29) is 0 Å². The normalized spacial score (nSPS) is 57.9. The largest absolute Gasteiger partial charge is 0.310 e. The Morgan fingerprint density at radius 2 is 1.12 bits per heavy atom. The molecule has 12 fully saturated rings. The fourth-order valence-corrected chi connectivity index (χ4v) is 23.8. The van der Waals surface area contributed by atoms with Crippen LogP contribution in [0.3, 0.4) is 0 Å². The molecule has 1 nitrogen and oxygen atoms in total. The molecule has 2 saturated heterocycles. The Morgan fingerprint density at radius 1 is 0.482 bits per heavy atom. The molecule has 21 atom stereocenters. The predicted molar refractivity (Wildman–Crippen MR) is 236 cm³/mol. The van der Waals surface area contributed by atoms with Crippen LogP contribution in [0.25, 0.3) is 0 Å². The van der Waals surface area contributed by atoms with E-state index in [1.165, 1.54) is 57.8 Å². The smallest absolute Gasteiger partial charge is 0.0129 e. The number of allylic oxidation sites excluding steroid dienone is 1. The van der Waals surface area contributed by atoms with Crippen molar-refractivity contribution in [2.24, 2.45) is 106 Å². The fraction of sp³-hybridized carbons (Fsp3) is 0.963. The molecule has 12 rings (SSSR count). The summed E-state index contributed by atoms with van der Waals surface area (Å²) in [7, 11) is 0. The van der Waals surface area contributed by atoms with Gasteiger partial charge in [-0.3, -0.25) is 0 Å². The van der Waals surface area contributed by atoms with Crippen molar-refractivity contribution >= 4 is 11.8 Å². The number of hydrogen-bond acceptors (Lipinski definition) is 2. The van der Waals surface area contributed by atoms with Gasteiger partial charge in [-0.25, -0.2) is 0 Å². The minimum atomic E-state index is 0.670. The molecule has 0 bridgehead atoms. The van der Waals surface area contributed by atoms with Crippen LogP contribution in [-0.2, 0) is 0 Å². The van der Waals surface area contributed by atoms with Crippen molar-refractivity contribution < 1.29 is 0 Å². The van der Waals surface area contributed by atoms with Crippen LogP contribution in [0.5, 0.6) is 0 Å². The Morgan fingerprint density at radius 3 is 1.91 bits per heavy atom. The van der Waals surface area contributed by atoms with Crippen LogP contribution in [-0.4, -0.2) is 22.6 Å². The zero-order valence-corrected chi connectivity index (χ0v) is 37.1. The van der Waals surface area contributed by atoms with E-state index in [0.717, 1.165) is 123 Å². The second-order valence-electron chi connectivity index (χ2n) is 24.4. The van der Waals surface area contributed by atoms with E-state index in [1.54, 1.807) is 128 Å². The van der Waals surface area contributed by atoms with E-state index in [1.807, 2.05) is 5.57 Å². The summed E-state index contributed by atoms with van der Waals surface area (Å²) in [5, 5.41) is 6.86. The molecule has 21 unspecified atom stereocenters. The standard InChI is InChI=1S/C54H85NS/c1-32-14-3-5-16-36(32)37-28-29-47-51(33(37)2)43-27-26-35(30-48(43)54(47)45-23-10-7-18-39(45)40-19-8-11-24-46(40)54)52-38-17-6-4-15-34(38)31-49(55-52)44-22-13-21-42-41-20-9-12-25-50(41)56-53(42)44/h32,34-53,55H,2-31H2,1H3. The molecule has 0 radical (unpaired) electrons. The third kappa shape index (κ3) is 5.72. The van der Waals surface area contributed by atoms with Gasteiger partial charge in [-0.1, -0.05) is 103 Å². The molecule has 1 N–H and O–H groups in total. The Labute approximate surface area is 349 Å². The maximum absolute atomic E-state index is 5.36. The lowest BCUT2D eigenvalue weighted by Gasteiger charge is -2.56. The first-order valence-corrected chi connectivity index (χ1v) is 27.7. The first-order valence-electron chi connectivity index (χ1n) is 26.7. The van der Waals surface area contributed by atoms with Crippen LogP contribution in [0.1, 0.15) is 193 Å². The molecule has 312 valence electrons. The third-order valence-electron chi connectivity index (χ3n) is 23.0. The molecule has 0 aromatic carbocycles. The molecule has 2 heteroatoms. The zero-order valence-electron chi connectivity index (χ0n) is 36.2. The highest BCUT2D eigenvalue weighted by atomic mass is 32.2. The molecule has 0 aromatic heterocycles. The second kappa shape index (κ2) is 15.1. The minimum Gasteiger partial charge on any atom is -0.310 e. The monoisotopic (exact) mass is 780 g/mol. The van der Waals surface area contributed by atoms with Crippen LogP contribution in [0, 0.1) is 106 Å². The van der Waals surface area contributed by atoms with Gasteiger partial charge in [0.05, 0.1) is 0 Å². The number of thioether (sulfide) groups is 1. The van der Waals surface area contributed by atoms with E-state index in [0.29, 0.717) is 5.41 Å². The van der Waals surface area contributed by atoms with Gasteiger partial charge in [-0.2, -0.15) is 11.8 Å². The fourth-order valence-electron chi connectivity index (χ4n) is 21.5. The Kier molecular flexibility index (Phi) is 10.2. The topological polar surface area (TPSA) is 12.0 Å². The molecule has 56 heavy (non-hydrogen) atoms. The van der Waals surface area contributed by atoms with Crippen molar-refractivity contribution in [2.45, 2.75) is 216 Å². The lowest BCUT2D eigenvalue weighted by molar-refractivity contribution is -0.0543. The number of nitrogens with one attached hydrogen (secondary N) is 1. The first-order chi connectivity index (χ1) is 27.6. The Hall–Kier alpha value is 0.0500. The van der Waals surface area contributed by atoms with Gasteiger partial charge in [0.15, 0.2) is 0 Å². The molecule has 10 saturated carbocycles. The van der Waals surface area contributed by atoms with Crippen molar-refractivity contribution in [1.82, 2.24) is 5.32 Å². The van der Waals surface area contributed by atoms with E-state index in [4.69, 9.17) is 11.9 Å². The van der Waals surface area contributed by atoms with Crippen LogP contribution in [0.2, 0.25) is 0 Å². The summed E-state index contributed by atoms with van der Waals surface area (Å²) in [6.07, 6.45) is 45.1. The average molecular weight is 780 g/mol.